The van der Waals surface area contributed by atoms with Gasteiger partial charge in [-0.25, -0.2) is 0 Å². The molecule has 86 valence electrons. The number of aliphatic hydroxyl groups is 1. The highest BCUT2D eigenvalue weighted by Gasteiger charge is 2.56. The summed E-state index contributed by atoms with van der Waals surface area (Å²) >= 11 is 0. The summed E-state index contributed by atoms with van der Waals surface area (Å²) < 4.78 is 0. The van der Waals surface area contributed by atoms with E-state index in [0.29, 0.717) is 11.8 Å². The molecule has 3 aliphatic carbocycles. The lowest BCUT2D eigenvalue weighted by atomic mass is 9.77. The third kappa shape index (κ3) is 1.73. The lowest BCUT2D eigenvalue weighted by Gasteiger charge is -2.31. The van der Waals surface area contributed by atoms with E-state index >= 15 is 0 Å². The molecule has 0 amide bonds. The van der Waals surface area contributed by atoms with Crippen LogP contribution in [0.3, 0.4) is 0 Å². The van der Waals surface area contributed by atoms with E-state index in [0.717, 1.165) is 17.8 Å². The molecular weight excluding hydrogens is 184 g/mol. The zero-order chi connectivity index (χ0) is 10.4. The van der Waals surface area contributed by atoms with Gasteiger partial charge < -0.3 is 5.11 Å². The minimum Gasteiger partial charge on any atom is -0.393 e. The Morgan fingerprint density at radius 2 is 1.67 bits per heavy atom. The molecule has 3 fully saturated rings. The van der Waals surface area contributed by atoms with Crippen molar-refractivity contribution >= 4 is 0 Å². The third-order valence-electron chi connectivity index (χ3n) is 5.33. The van der Waals surface area contributed by atoms with Gasteiger partial charge in [-0.2, -0.15) is 0 Å². The van der Waals surface area contributed by atoms with Crippen molar-refractivity contribution in [1.82, 2.24) is 0 Å². The van der Waals surface area contributed by atoms with Crippen molar-refractivity contribution in [2.45, 2.75) is 58.0 Å². The molecule has 1 nitrogen and oxygen atoms in total. The molecule has 0 aromatic heterocycles. The predicted octanol–water partition coefficient (Wildman–Crippen LogP) is 3.22. The molecular formula is C14H24O. The number of aliphatic hydroxyl groups excluding tert-OH is 1. The average Bonchev–Trinajstić information content (AvgIpc) is 2.70. The molecule has 3 rings (SSSR count). The first kappa shape index (κ1) is 10.1. The van der Waals surface area contributed by atoms with Gasteiger partial charge in [0.1, 0.15) is 0 Å². The van der Waals surface area contributed by atoms with E-state index < -0.39 is 0 Å². The lowest BCUT2D eigenvalue weighted by molar-refractivity contribution is 0.0441. The number of hydrogen-bond donors (Lipinski definition) is 1. The average molecular weight is 208 g/mol. The van der Waals surface area contributed by atoms with E-state index in [2.05, 4.69) is 6.92 Å². The Hall–Kier alpha value is -0.0400. The Morgan fingerprint density at radius 3 is 2.33 bits per heavy atom. The fourth-order valence-electron chi connectivity index (χ4n) is 4.49. The van der Waals surface area contributed by atoms with E-state index in [1.165, 1.54) is 44.9 Å². The second-order valence-electron chi connectivity index (χ2n) is 6.36. The van der Waals surface area contributed by atoms with Crippen LogP contribution in [0.4, 0.5) is 0 Å². The molecule has 0 heterocycles. The maximum absolute atomic E-state index is 10.4. The fraction of sp³-hybridized carbons (Fsp3) is 1.00. The molecule has 15 heavy (non-hydrogen) atoms. The van der Waals surface area contributed by atoms with E-state index in [1.54, 1.807) is 0 Å². The topological polar surface area (TPSA) is 20.2 Å². The van der Waals surface area contributed by atoms with Gasteiger partial charge in [0.15, 0.2) is 0 Å². The zero-order valence-electron chi connectivity index (χ0n) is 9.86. The first-order chi connectivity index (χ1) is 7.27. The zero-order valence-corrected chi connectivity index (χ0v) is 9.86. The Balaban J connectivity index is 1.58. The van der Waals surface area contributed by atoms with Crippen LogP contribution >= 0.6 is 0 Å². The third-order valence-corrected chi connectivity index (χ3v) is 5.33. The van der Waals surface area contributed by atoms with Gasteiger partial charge in [-0.15, -0.1) is 0 Å². The van der Waals surface area contributed by atoms with Gasteiger partial charge in [-0.3, -0.25) is 0 Å². The van der Waals surface area contributed by atoms with Crippen LogP contribution < -0.4 is 0 Å². The van der Waals surface area contributed by atoms with Crippen molar-refractivity contribution in [3.8, 4) is 0 Å². The smallest absolute Gasteiger partial charge is 0.0602 e. The van der Waals surface area contributed by atoms with Gasteiger partial charge in [-0.1, -0.05) is 26.2 Å². The molecule has 0 aromatic carbocycles. The van der Waals surface area contributed by atoms with Crippen molar-refractivity contribution in [3.63, 3.8) is 0 Å². The molecule has 1 heteroatoms. The maximum Gasteiger partial charge on any atom is 0.0602 e. The van der Waals surface area contributed by atoms with Crippen molar-refractivity contribution < 1.29 is 5.11 Å². The first-order valence-corrected chi connectivity index (χ1v) is 6.95. The van der Waals surface area contributed by atoms with Gasteiger partial charge in [0, 0.05) is 0 Å². The predicted molar refractivity (Wildman–Crippen MR) is 61.4 cm³/mol. The van der Waals surface area contributed by atoms with Gasteiger partial charge in [0.05, 0.1) is 6.10 Å². The molecule has 0 bridgehead atoms. The minimum absolute atomic E-state index is 0.0584. The summed E-state index contributed by atoms with van der Waals surface area (Å²) in [6.07, 6.45) is 9.63. The van der Waals surface area contributed by atoms with Gasteiger partial charge >= 0.3 is 0 Å². The summed E-state index contributed by atoms with van der Waals surface area (Å²) in [7, 11) is 0. The summed E-state index contributed by atoms with van der Waals surface area (Å²) in [5.74, 6) is 4.07. The molecule has 0 aromatic rings. The van der Waals surface area contributed by atoms with Crippen molar-refractivity contribution in [1.29, 1.82) is 0 Å². The summed E-state index contributed by atoms with van der Waals surface area (Å²) in [5.41, 5.74) is 0. The molecule has 0 spiro atoms. The van der Waals surface area contributed by atoms with Crippen LogP contribution in [0.1, 0.15) is 51.9 Å². The molecule has 3 aliphatic rings. The SMILES string of the molecule is CC1CCCC(C(O)C2C3CCCC32)C1. The Kier molecular flexibility index (Phi) is 2.54. The molecule has 0 aliphatic heterocycles. The number of fused-ring (bicyclic) bond motifs is 1. The summed E-state index contributed by atoms with van der Waals surface area (Å²) in [6.45, 7) is 2.35. The Bertz CT molecular complexity index is 227. The summed E-state index contributed by atoms with van der Waals surface area (Å²) in [6, 6.07) is 0. The highest BCUT2D eigenvalue weighted by Crippen LogP contribution is 2.60. The summed E-state index contributed by atoms with van der Waals surface area (Å²) in [4.78, 5) is 0. The second kappa shape index (κ2) is 3.76. The first-order valence-electron chi connectivity index (χ1n) is 6.95. The standard InChI is InChI=1S/C14H24O/c1-9-4-2-5-10(8-9)14(15)13-11-6-3-7-12(11)13/h9-15H,2-8H2,1H3. The minimum atomic E-state index is 0.0584. The quantitative estimate of drug-likeness (QED) is 0.738. The molecule has 0 radical (unpaired) electrons. The summed E-state index contributed by atoms with van der Waals surface area (Å²) in [5, 5.41) is 10.4. The van der Waals surface area contributed by atoms with Crippen LogP contribution in [0.15, 0.2) is 0 Å². The monoisotopic (exact) mass is 208 g/mol. The van der Waals surface area contributed by atoms with Crippen molar-refractivity contribution in [2.24, 2.45) is 29.6 Å². The van der Waals surface area contributed by atoms with Crippen LogP contribution in [0.5, 0.6) is 0 Å². The second-order valence-corrected chi connectivity index (χ2v) is 6.36. The molecule has 0 saturated heterocycles. The fourth-order valence-corrected chi connectivity index (χ4v) is 4.49. The van der Waals surface area contributed by atoms with Crippen LogP contribution in [0.2, 0.25) is 0 Å². The highest BCUT2D eigenvalue weighted by atomic mass is 16.3. The largest absolute Gasteiger partial charge is 0.393 e. The van der Waals surface area contributed by atoms with Crippen LogP contribution in [-0.4, -0.2) is 11.2 Å². The highest BCUT2D eigenvalue weighted by molar-refractivity contribution is 5.05. The normalized spacial score (nSPS) is 51.2. The maximum atomic E-state index is 10.4. The lowest BCUT2D eigenvalue weighted by Crippen LogP contribution is -2.29. The molecule has 1 N–H and O–H groups in total. The van der Waals surface area contributed by atoms with Crippen LogP contribution in [-0.2, 0) is 0 Å². The van der Waals surface area contributed by atoms with Crippen LogP contribution in [0, 0.1) is 29.6 Å². The van der Waals surface area contributed by atoms with Crippen molar-refractivity contribution in [3.05, 3.63) is 0 Å². The molecule has 5 atom stereocenters. The van der Waals surface area contributed by atoms with E-state index in [-0.39, 0.29) is 6.10 Å². The van der Waals surface area contributed by atoms with E-state index in [1.807, 2.05) is 0 Å². The van der Waals surface area contributed by atoms with E-state index in [4.69, 9.17) is 0 Å². The number of hydrogen-bond acceptors (Lipinski definition) is 1. The van der Waals surface area contributed by atoms with Gasteiger partial charge in [0.2, 0.25) is 0 Å². The van der Waals surface area contributed by atoms with Gasteiger partial charge in [-0.05, 0) is 55.3 Å². The number of rotatable bonds is 2. The molecule has 5 unspecified atom stereocenters. The Labute approximate surface area is 93.3 Å². The molecule has 3 saturated carbocycles. The van der Waals surface area contributed by atoms with Crippen LogP contribution in [0.25, 0.3) is 0 Å². The van der Waals surface area contributed by atoms with Crippen molar-refractivity contribution in [2.75, 3.05) is 0 Å². The van der Waals surface area contributed by atoms with Gasteiger partial charge in [0.25, 0.3) is 0 Å². The Morgan fingerprint density at radius 1 is 1.00 bits per heavy atom. The van der Waals surface area contributed by atoms with E-state index in [9.17, 15) is 5.11 Å².